The van der Waals surface area contributed by atoms with Gasteiger partial charge in [0.05, 0.1) is 6.26 Å². The molecule has 1 atom stereocenters. The van der Waals surface area contributed by atoms with Gasteiger partial charge in [-0.25, -0.2) is 0 Å². The lowest BCUT2D eigenvalue weighted by atomic mass is 10.1. The highest BCUT2D eigenvalue weighted by Gasteiger charge is 2.25. The second-order valence-corrected chi connectivity index (χ2v) is 4.96. The summed E-state index contributed by atoms with van der Waals surface area (Å²) in [6.07, 6.45) is 6.09. The molecule has 1 amide bonds. The van der Waals surface area contributed by atoms with Crippen molar-refractivity contribution < 1.29 is 9.21 Å². The molecule has 0 spiro atoms. The average Bonchev–Trinajstić information content (AvgIpc) is 2.89. The van der Waals surface area contributed by atoms with E-state index in [0.717, 1.165) is 36.4 Å². The zero-order valence-electron chi connectivity index (χ0n) is 10.8. The van der Waals surface area contributed by atoms with E-state index in [2.05, 4.69) is 10.2 Å². The van der Waals surface area contributed by atoms with E-state index in [0.29, 0.717) is 0 Å². The Labute approximate surface area is 112 Å². The molecule has 1 aliphatic carbocycles. The van der Waals surface area contributed by atoms with Gasteiger partial charge < -0.3 is 9.73 Å². The van der Waals surface area contributed by atoms with E-state index in [9.17, 15) is 4.79 Å². The Kier molecular flexibility index (Phi) is 3.51. The average molecular weight is 258 g/mol. The predicted molar refractivity (Wildman–Crippen MR) is 72.7 cm³/mol. The molecule has 0 aromatic rings. The summed E-state index contributed by atoms with van der Waals surface area (Å²) >= 11 is 0. The molecule has 0 saturated carbocycles. The summed E-state index contributed by atoms with van der Waals surface area (Å²) in [7, 11) is 0. The summed E-state index contributed by atoms with van der Waals surface area (Å²) in [5, 5.41) is 2.95. The number of piperidine rings is 1. The molecule has 4 nitrogen and oxygen atoms in total. The Morgan fingerprint density at radius 3 is 2.84 bits per heavy atom. The van der Waals surface area contributed by atoms with Gasteiger partial charge in [-0.1, -0.05) is 12.5 Å². The minimum Gasteiger partial charge on any atom is -0.464 e. The number of nitrogens with zero attached hydrogens (tertiary/aromatic N) is 1. The molecular weight excluding hydrogens is 240 g/mol. The number of nitrogens with one attached hydrogen (secondary N) is 1. The van der Waals surface area contributed by atoms with Crippen molar-refractivity contribution in [3.05, 3.63) is 36.1 Å². The maximum absolute atomic E-state index is 10.9. The van der Waals surface area contributed by atoms with E-state index in [1.807, 2.05) is 24.3 Å². The Bertz CT molecular complexity index is 517. The Morgan fingerprint density at radius 2 is 2.05 bits per heavy atom. The van der Waals surface area contributed by atoms with E-state index < -0.39 is 0 Å². The van der Waals surface area contributed by atoms with Crippen LogP contribution in [0.1, 0.15) is 31.0 Å². The fourth-order valence-electron chi connectivity index (χ4n) is 2.89. The smallest absolute Gasteiger partial charge is 0.208 e. The van der Waals surface area contributed by atoms with Crippen LogP contribution in [0.3, 0.4) is 0 Å². The zero-order valence-corrected chi connectivity index (χ0v) is 10.8. The van der Waals surface area contributed by atoms with E-state index in [-0.39, 0.29) is 6.17 Å². The molecule has 4 heteroatoms. The molecule has 1 saturated heterocycles. The van der Waals surface area contributed by atoms with Gasteiger partial charge in [0.15, 0.2) is 0 Å². The van der Waals surface area contributed by atoms with Crippen LogP contribution in [0, 0.1) is 0 Å². The van der Waals surface area contributed by atoms with Crippen molar-refractivity contribution in [1.82, 2.24) is 10.2 Å². The molecule has 19 heavy (non-hydrogen) atoms. The fraction of sp³-hybridized carbons (Fsp3) is 0.400. The lowest BCUT2D eigenvalue weighted by Crippen LogP contribution is -2.41. The highest BCUT2D eigenvalue weighted by molar-refractivity contribution is 5.67. The first kappa shape index (κ1) is 12.2. The number of hydrogen-bond acceptors (Lipinski definition) is 3. The summed E-state index contributed by atoms with van der Waals surface area (Å²) in [5.41, 5.74) is 2.20. The van der Waals surface area contributed by atoms with Crippen LogP contribution < -0.4 is 5.32 Å². The third-order valence-electron chi connectivity index (χ3n) is 3.80. The Balaban J connectivity index is 1.92. The first-order valence-electron chi connectivity index (χ1n) is 6.80. The minimum absolute atomic E-state index is 0.0482. The number of carbonyl (C=O) groups is 1. The van der Waals surface area contributed by atoms with Crippen molar-refractivity contribution in [2.45, 2.75) is 25.4 Å². The molecule has 2 aliphatic heterocycles. The molecule has 2 heterocycles. The van der Waals surface area contributed by atoms with Crippen LogP contribution in [0.5, 0.6) is 0 Å². The van der Waals surface area contributed by atoms with Crippen LogP contribution in [0.4, 0.5) is 0 Å². The number of amides is 1. The van der Waals surface area contributed by atoms with Crippen molar-refractivity contribution in [3.63, 3.8) is 0 Å². The van der Waals surface area contributed by atoms with Gasteiger partial charge in [-0.3, -0.25) is 9.69 Å². The molecule has 3 aliphatic rings. The number of hydrogen-bond donors (Lipinski definition) is 1. The second-order valence-electron chi connectivity index (χ2n) is 4.96. The van der Waals surface area contributed by atoms with Gasteiger partial charge in [0.2, 0.25) is 6.41 Å². The molecule has 0 aromatic carbocycles. The quantitative estimate of drug-likeness (QED) is 0.857. The summed E-state index contributed by atoms with van der Waals surface area (Å²) in [5.74, 6) is 0.868. The number of likely N-dealkylation sites (tertiary alicyclic amines) is 1. The minimum atomic E-state index is -0.0482. The van der Waals surface area contributed by atoms with Crippen molar-refractivity contribution in [2.24, 2.45) is 0 Å². The zero-order chi connectivity index (χ0) is 13.1. The monoisotopic (exact) mass is 258 g/mol. The molecule has 0 bridgehead atoms. The van der Waals surface area contributed by atoms with Crippen LogP contribution in [0.15, 0.2) is 34.9 Å². The fourth-order valence-corrected chi connectivity index (χ4v) is 2.89. The lowest BCUT2D eigenvalue weighted by molar-refractivity contribution is -0.111. The molecule has 100 valence electrons. The van der Waals surface area contributed by atoms with E-state index in [1.165, 1.54) is 19.3 Å². The number of rotatable bonds is 4. The molecule has 1 fully saturated rings. The SMILES string of the molecule is O=CNC(c1ccc2occcc1-2)N1CCCCC1. The predicted octanol–water partition coefficient (Wildman–Crippen LogP) is 2.61. The van der Waals surface area contributed by atoms with Crippen LogP contribution in [0.2, 0.25) is 0 Å². The Hall–Kier alpha value is -1.81. The van der Waals surface area contributed by atoms with E-state index in [4.69, 9.17) is 4.42 Å². The molecule has 1 N–H and O–H groups in total. The third kappa shape index (κ3) is 2.36. The highest BCUT2D eigenvalue weighted by atomic mass is 16.3. The van der Waals surface area contributed by atoms with Gasteiger partial charge in [-0.15, -0.1) is 0 Å². The number of fused-ring (bicyclic) bond motifs is 1. The molecule has 3 rings (SSSR count). The maximum atomic E-state index is 10.9. The van der Waals surface area contributed by atoms with Crippen LogP contribution in [-0.2, 0) is 4.79 Å². The molecule has 0 aromatic heterocycles. The van der Waals surface area contributed by atoms with Gasteiger partial charge >= 0.3 is 0 Å². The van der Waals surface area contributed by atoms with Crippen LogP contribution in [0.25, 0.3) is 11.3 Å². The summed E-state index contributed by atoms with van der Waals surface area (Å²) in [6, 6.07) is 7.94. The topological polar surface area (TPSA) is 45.5 Å². The summed E-state index contributed by atoms with van der Waals surface area (Å²) < 4.78 is 5.47. The van der Waals surface area contributed by atoms with Crippen LogP contribution >= 0.6 is 0 Å². The first-order chi connectivity index (χ1) is 9.40. The van der Waals surface area contributed by atoms with Crippen LogP contribution in [-0.4, -0.2) is 24.4 Å². The van der Waals surface area contributed by atoms with Crippen molar-refractivity contribution in [3.8, 4) is 11.3 Å². The Morgan fingerprint density at radius 1 is 1.21 bits per heavy atom. The van der Waals surface area contributed by atoms with Crippen molar-refractivity contribution in [2.75, 3.05) is 13.1 Å². The van der Waals surface area contributed by atoms with Gasteiger partial charge in [-0.2, -0.15) is 0 Å². The molecular formula is C15H18N2O2. The van der Waals surface area contributed by atoms with Gasteiger partial charge in [0.25, 0.3) is 0 Å². The summed E-state index contributed by atoms with van der Waals surface area (Å²) in [6.45, 7) is 2.06. The number of carbonyl (C=O) groups excluding carboxylic acids is 1. The third-order valence-corrected chi connectivity index (χ3v) is 3.80. The normalized spacial score (nSPS) is 18.3. The van der Waals surface area contributed by atoms with E-state index in [1.54, 1.807) is 6.26 Å². The first-order valence-corrected chi connectivity index (χ1v) is 6.80. The summed E-state index contributed by atoms with van der Waals surface area (Å²) in [4.78, 5) is 13.3. The van der Waals surface area contributed by atoms with Gasteiger partial charge in [0, 0.05) is 24.2 Å². The largest absolute Gasteiger partial charge is 0.464 e. The lowest BCUT2D eigenvalue weighted by Gasteiger charge is -2.34. The van der Waals surface area contributed by atoms with E-state index >= 15 is 0 Å². The highest BCUT2D eigenvalue weighted by Crippen LogP contribution is 2.34. The standard InChI is InChI=1S/C15H18N2O2/c18-11-16-15(17-8-2-1-3-9-17)13-6-7-14-12(13)5-4-10-19-14/h4-7,10-11,15H,1-3,8-9H2,(H,16,18). The maximum Gasteiger partial charge on any atom is 0.208 e. The van der Waals surface area contributed by atoms with Crippen molar-refractivity contribution in [1.29, 1.82) is 0 Å². The molecule has 1 unspecified atom stereocenters. The van der Waals surface area contributed by atoms with Gasteiger partial charge in [-0.05, 0) is 31.0 Å². The van der Waals surface area contributed by atoms with Crippen molar-refractivity contribution >= 4 is 6.41 Å². The molecule has 0 radical (unpaired) electrons. The second kappa shape index (κ2) is 5.45. The van der Waals surface area contributed by atoms with Gasteiger partial charge in [0.1, 0.15) is 11.9 Å².